The number of aromatic nitrogens is 3. The number of nitrogens with zero attached hydrogens (tertiary/aromatic N) is 4. The average Bonchev–Trinajstić information content (AvgIpc) is 2.84. The van der Waals surface area contributed by atoms with Crippen LogP contribution in [0, 0.1) is 12.3 Å². The molecule has 132 valence electrons. The molecule has 25 heavy (non-hydrogen) atoms. The first-order valence-corrected chi connectivity index (χ1v) is 8.40. The van der Waals surface area contributed by atoms with Crippen LogP contribution in [-0.2, 0) is 11.4 Å². The molecular weight excluding hydrogens is 314 g/mol. The van der Waals surface area contributed by atoms with Crippen molar-refractivity contribution in [2.45, 2.75) is 40.7 Å². The largest absolute Gasteiger partial charge is 0.399 e. The van der Waals surface area contributed by atoms with Crippen LogP contribution in [0.15, 0.2) is 29.4 Å². The Kier molecular flexibility index (Phi) is 4.37. The Bertz CT molecular complexity index is 955. The minimum absolute atomic E-state index is 0.0103. The van der Waals surface area contributed by atoms with Crippen molar-refractivity contribution < 1.29 is 4.84 Å². The molecule has 0 spiro atoms. The van der Waals surface area contributed by atoms with Gasteiger partial charge in [0, 0.05) is 11.9 Å². The number of nitrogens with two attached hydrogens (primary N) is 1. The highest BCUT2D eigenvalue weighted by atomic mass is 16.6. The summed E-state index contributed by atoms with van der Waals surface area (Å²) < 4.78 is 2.25. The second-order valence-corrected chi connectivity index (χ2v) is 7.31. The van der Waals surface area contributed by atoms with E-state index in [-0.39, 0.29) is 5.41 Å². The third kappa shape index (κ3) is 3.29. The van der Waals surface area contributed by atoms with Crippen LogP contribution in [0.4, 0.5) is 5.82 Å². The maximum absolute atomic E-state index is 6.17. The van der Waals surface area contributed by atoms with Crippen molar-refractivity contribution in [2.75, 3.05) is 12.8 Å². The van der Waals surface area contributed by atoms with Crippen LogP contribution in [0.2, 0.25) is 0 Å². The predicted molar refractivity (Wildman–Crippen MR) is 103 cm³/mol. The van der Waals surface area contributed by atoms with Crippen LogP contribution < -0.4 is 5.73 Å². The molecule has 0 saturated heterocycles. The molecule has 0 aliphatic heterocycles. The molecule has 0 atom stereocenters. The number of benzene rings is 1. The number of hydrogen-bond donors (Lipinski definition) is 1. The molecule has 0 fully saturated rings. The second kappa shape index (κ2) is 6.35. The number of anilines is 1. The van der Waals surface area contributed by atoms with Gasteiger partial charge in [-0.1, -0.05) is 37.2 Å². The van der Waals surface area contributed by atoms with E-state index in [4.69, 9.17) is 10.6 Å². The number of imidazole rings is 1. The SMILES string of the molecule is CO/N=C(\C)CC(C)(C)Cn1c(C)nc2c(N)nc3ccccc3c21. The molecule has 0 bridgehead atoms. The summed E-state index contributed by atoms with van der Waals surface area (Å²) in [5.74, 6) is 1.42. The molecule has 0 radical (unpaired) electrons. The second-order valence-electron chi connectivity index (χ2n) is 7.31. The quantitative estimate of drug-likeness (QED) is 0.564. The smallest absolute Gasteiger partial charge is 0.152 e. The zero-order valence-electron chi connectivity index (χ0n) is 15.5. The lowest BCUT2D eigenvalue weighted by Crippen LogP contribution is -2.23. The first kappa shape index (κ1) is 17.2. The summed E-state index contributed by atoms with van der Waals surface area (Å²) in [6.07, 6.45) is 0.832. The highest BCUT2D eigenvalue weighted by Crippen LogP contribution is 2.32. The van der Waals surface area contributed by atoms with Crippen LogP contribution in [0.1, 0.15) is 33.0 Å². The third-order valence-corrected chi connectivity index (χ3v) is 4.37. The predicted octanol–water partition coefficient (Wildman–Crippen LogP) is 3.91. The fourth-order valence-corrected chi connectivity index (χ4v) is 3.53. The molecular formula is C19H25N5O. The van der Waals surface area contributed by atoms with Crippen molar-refractivity contribution >= 4 is 33.5 Å². The molecule has 3 rings (SSSR count). The van der Waals surface area contributed by atoms with E-state index in [1.807, 2.05) is 32.0 Å². The lowest BCUT2D eigenvalue weighted by molar-refractivity contribution is 0.209. The number of hydrogen-bond acceptors (Lipinski definition) is 5. The Labute approximate surface area is 147 Å². The molecule has 3 aromatic rings. The van der Waals surface area contributed by atoms with Crippen LogP contribution in [0.25, 0.3) is 21.9 Å². The first-order valence-electron chi connectivity index (χ1n) is 8.40. The van der Waals surface area contributed by atoms with Crippen molar-refractivity contribution in [2.24, 2.45) is 10.6 Å². The lowest BCUT2D eigenvalue weighted by atomic mass is 9.87. The maximum Gasteiger partial charge on any atom is 0.152 e. The van der Waals surface area contributed by atoms with E-state index in [1.165, 1.54) is 0 Å². The Morgan fingerprint density at radius 3 is 2.72 bits per heavy atom. The van der Waals surface area contributed by atoms with Gasteiger partial charge in [0.15, 0.2) is 5.82 Å². The van der Waals surface area contributed by atoms with E-state index in [0.29, 0.717) is 5.82 Å². The van der Waals surface area contributed by atoms with Crippen LogP contribution in [0.3, 0.4) is 0 Å². The Balaban J connectivity index is 2.13. The zero-order chi connectivity index (χ0) is 18.2. The summed E-state index contributed by atoms with van der Waals surface area (Å²) in [4.78, 5) is 14.1. The Hall–Kier alpha value is -2.63. The highest BCUT2D eigenvalue weighted by Gasteiger charge is 2.24. The number of pyridine rings is 1. The number of oxime groups is 1. The van der Waals surface area contributed by atoms with Gasteiger partial charge in [0.1, 0.15) is 18.5 Å². The summed E-state index contributed by atoms with van der Waals surface area (Å²) >= 11 is 0. The van der Waals surface area contributed by atoms with Gasteiger partial charge in [-0.2, -0.15) is 0 Å². The number of rotatable bonds is 5. The van der Waals surface area contributed by atoms with Crippen LogP contribution in [0.5, 0.6) is 0 Å². The number of para-hydroxylation sites is 1. The summed E-state index contributed by atoms with van der Waals surface area (Å²) in [6, 6.07) is 8.06. The van der Waals surface area contributed by atoms with Crippen molar-refractivity contribution in [3.05, 3.63) is 30.1 Å². The molecule has 0 aliphatic carbocycles. The van der Waals surface area contributed by atoms with Gasteiger partial charge in [-0.05, 0) is 31.7 Å². The van der Waals surface area contributed by atoms with E-state index in [2.05, 4.69) is 39.6 Å². The van der Waals surface area contributed by atoms with E-state index in [1.54, 1.807) is 7.11 Å². The molecule has 2 heterocycles. The minimum Gasteiger partial charge on any atom is -0.399 e. The fourth-order valence-electron chi connectivity index (χ4n) is 3.53. The molecule has 2 aromatic heterocycles. The topological polar surface area (TPSA) is 78.3 Å². The molecule has 0 aliphatic rings. The van der Waals surface area contributed by atoms with E-state index in [9.17, 15) is 0 Å². The van der Waals surface area contributed by atoms with Gasteiger partial charge in [0.2, 0.25) is 0 Å². The van der Waals surface area contributed by atoms with Crippen LogP contribution >= 0.6 is 0 Å². The first-order chi connectivity index (χ1) is 11.8. The van der Waals surface area contributed by atoms with E-state index in [0.717, 1.165) is 46.4 Å². The average molecular weight is 339 g/mol. The molecule has 0 saturated carbocycles. The van der Waals surface area contributed by atoms with Crippen molar-refractivity contribution in [1.29, 1.82) is 0 Å². The van der Waals surface area contributed by atoms with Gasteiger partial charge in [0.05, 0.1) is 16.7 Å². The molecule has 2 N–H and O–H groups in total. The third-order valence-electron chi connectivity index (χ3n) is 4.37. The van der Waals surface area contributed by atoms with E-state index < -0.39 is 0 Å². The number of aryl methyl sites for hydroxylation is 1. The van der Waals surface area contributed by atoms with Gasteiger partial charge in [-0.15, -0.1) is 0 Å². The molecule has 1 aromatic carbocycles. The van der Waals surface area contributed by atoms with Crippen molar-refractivity contribution in [3.63, 3.8) is 0 Å². The summed E-state index contributed by atoms with van der Waals surface area (Å²) in [5.41, 5.74) is 9.84. The van der Waals surface area contributed by atoms with Crippen LogP contribution in [-0.4, -0.2) is 27.4 Å². The highest BCUT2D eigenvalue weighted by molar-refractivity contribution is 6.06. The van der Waals surface area contributed by atoms with Crippen molar-refractivity contribution in [3.8, 4) is 0 Å². The van der Waals surface area contributed by atoms with Gasteiger partial charge in [0.25, 0.3) is 0 Å². The molecule has 0 unspecified atom stereocenters. The van der Waals surface area contributed by atoms with Crippen molar-refractivity contribution in [1.82, 2.24) is 14.5 Å². The standard InChI is InChI=1S/C19H25N5O/c1-12(23-25-5)10-19(3,4)11-24-13(2)21-16-17(24)14-8-6-7-9-15(14)22-18(16)20/h6-9H,10-11H2,1-5H3,(H2,20,22)/b23-12+. The monoisotopic (exact) mass is 339 g/mol. The Morgan fingerprint density at radius 1 is 1.28 bits per heavy atom. The van der Waals surface area contributed by atoms with Gasteiger partial charge in [-0.3, -0.25) is 0 Å². The summed E-state index contributed by atoms with van der Waals surface area (Å²) in [5, 5.41) is 5.12. The minimum atomic E-state index is -0.0103. The van der Waals surface area contributed by atoms with E-state index >= 15 is 0 Å². The summed E-state index contributed by atoms with van der Waals surface area (Å²) in [7, 11) is 1.58. The number of fused-ring (bicyclic) bond motifs is 3. The maximum atomic E-state index is 6.17. The fraction of sp³-hybridized carbons (Fsp3) is 0.421. The van der Waals surface area contributed by atoms with Gasteiger partial charge in [-0.25, -0.2) is 9.97 Å². The van der Waals surface area contributed by atoms with Gasteiger partial charge >= 0.3 is 0 Å². The number of nitrogen functional groups attached to an aromatic ring is 1. The Morgan fingerprint density at radius 2 is 2.00 bits per heavy atom. The normalized spacial score (nSPS) is 12.9. The molecule has 6 heteroatoms. The van der Waals surface area contributed by atoms with Gasteiger partial charge < -0.3 is 15.1 Å². The summed E-state index contributed by atoms with van der Waals surface area (Å²) in [6.45, 7) is 9.25. The molecule has 0 amide bonds. The zero-order valence-corrected chi connectivity index (χ0v) is 15.5. The molecule has 6 nitrogen and oxygen atoms in total. The lowest BCUT2D eigenvalue weighted by Gasteiger charge is -2.26.